The first-order chi connectivity index (χ1) is 9.67. The molecule has 0 bridgehead atoms. The van der Waals surface area contributed by atoms with E-state index in [1.165, 1.54) is 11.3 Å². The third-order valence-corrected chi connectivity index (χ3v) is 3.91. The number of aromatic nitrogens is 1. The molecule has 0 fully saturated rings. The maximum Gasteiger partial charge on any atom is 0.316 e. The first-order valence-electron chi connectivity index (χ1n) is 6.71. The monoisotopic (exact) mass is 291 g/mol. The fraction of sp³-hybridized carbons (Fsp3) is 0.400. The molecule has 2 heterocycles. The van der Waals surface area contributed by atoms with Gasteiger partial charge in [-0.15, -0.1) is 11.3 Å². The number of rotatable bonds is 6. The molecule has 0 saturated carbocycles. The van der Waals surface area contributed by atoms with Crippen LogP contribution in [0.1, 0.15) is 37.0 Å². The molecule has 0 amide bonds. The van der Waals surface area contributed by atoms with Crippen LogP contribution >= 0.6 is 11.3 Å². The first kappa shape index (κ1) is 14.7. The van der Waals surface area contributed by atoms with Crippen LogP contribution in [0, 0.1) is 5.92 Å². The lowest BCUT2D eigenvalue weighted by atomic mass is 9.94. The van der Waals surface area contributed by atoms with Gasteiger partial charge in [0, 0.05) is 11.8 Å². The Hall–Kier alpha value is -1.75. The summed E-state index contributed by atoms with van der Waals surface area (Å²) in [5, 5.41) is 1.93. The smallest absolute Gasteiger partial charge is 0.316 e. The van der Waals surface area contributed by atoms with Gasteiger partial charge in [0.2, 0.25) is 0 Å². The van der Waals surface area contributed by atoms with Crippen LogP contribution in [0.25, 0.3) is 10.2 Å². The van der Waals surface area contributed by atoms with E-state index < -0.39 is 11.9 Å². The SMILES string of the molecule is CCCC(C(=O)OCC)C(=O)c1cnc2ccsc2c1. The average molecular weight is 291 g/mol. The molecule has 5 heteroatoms. The molecule has 0 aliphatic heterocycles. The van der Waals surface area contributed by atoms with E-state index in [2.05, 4.69) is 4.98 Å². The molecule has 4 nitrogen and oxygen atoms in total. The first-order valence-corrected chi connectivity index (χ1v) is 7.59. The van der Waals surface area contributed by atoms with Crippen molar-refractivity contribution in [3.8, 4) is 0 Å². The molecule has 0 aliphatic rings. The molecule has 1 unspecified atom stereocenters. The number of hydrogen-bond donors (Lipinski definition) is 0. The second-order valence-corrected chi connectivity index (χ2v) is 5.43. The summed E-state index contributed by atoms with van der Waals surface area (Å²) in [6.45, 7) is 3.97. The van der Waals surface area contributed by atoms with Gasteiger partial charge in [-0.25, -0.2) is 0 Å². The predicted molar refractivity (Wildman–Crippen MR) is 79.0 cm³/mol. The lowest BCUT2D eigenvalue weighted by Gasteiger charge is -2.13. The van der Waals surface area contributed by atoms with Crippen molar-refractivity contribution in [1.82, 2.24) is 4.98 Å². The maximum absolute atomic E-state index is 12.5. The molecule has 0 radical (unpaired) electrons. The summed E-state index contributed by atoms with van der Waals surface area (Å²) in [6.07, 6.45) is 2.79. The largest absolute Gasteiger partial charge is 0.465 e. The van der Waals surface area contributed by atoms with Crippen molar-refractivity contribution >= 4 is 33.3 Å². The van der Waals surface area contributed by atoms with Crippen molar-refractivity contribution in [1.29, 1.82) is 0 Å². The number of hydrogen-bond acceptors (Lipinski definition) is 5. The Morgan fingerprint density at radius 2 is 2.20 bits per heavy atom. The molecule has 20 heavy (non-hydrogen) atoms. The Kier molecular flexibility index (Phi) is 4.84. The van der Waals surface area contributed by atoms with Gasteiger partial charge in [0.15, 0.2) is 5.78 Å². The van der Waals surface area contributed by atoms with Crippen molar-refractivity contribution < 1.29 is 14.3 Å². The van der Waals surface area contributed by atoms with E-state index in [4.69, 9.17) is 4.74 Å². The molecule has 106 valence electrons. The lowest BCUT2D eigenvalue weighted by Crippen LogP contribution is -2.26. The predicted octanol–water partition coefficient (Wildman–Crippen LogP) is 3.46. The number of carbonyl (C=O) groups excluding carboxylic acids is 2. The minimum Gasteiger partial charge on any atom is -0.465 e. The van der Waals surface area contributed by atoms with Crippen molar-refractivity contribution in [3.05, 3.63) is 29.3 Å². The summed E-state index contributed by atoms with van der Waals surface area (Å²) in [4.78, 5) is 28.6. The van der Waals surface area contributed by atoms with E-state index in [9.17, 15) is 9.59 Å². The summed E-state index contributed by atoms with van der Waals surface area (Å²) in [7, 11) is 0. The maximum atomic E-state index is 12.5. The molecular weight excluding hydrogens is 274 g/mol. The van der Waals surface area contributed by atoms with Gasteiger partial charge >= 0.3 is 5.97 Å². The zero-order valence-electron chi connectivity index (χ0n) is 11.6. The van der Waals surface area contributed by atoms with Gasteiger partial charge in [-0.2, -0.15) is 0 Å². The number of Topliss-reactive ketones (excluding diaryl/α,β-unsaturated/α-hetero) is 1. The van der Waals surface area contributed by atoms with E-state index in [1.54, 1.807) is 19.2 Å². The van der Waals surface area contributed by atoms with E-state index in [0.29, 0.717) is 12.0 Å². The number of nitrogens with zero attached hydrogens (tertiary/aromatic N) is 1. The molecule has 0 saturated heterocycles. The van der Waals surface area contributed by atoms with Crippen LogP contribution in [0.5, 0.6) is 0 Å². The zero-order valence-corrected chi connectivity index (χ0v) is 12.4. The molecule has 0 aromatic carbocycles. The molecule has 0 aliphatic carbocycles. The summed E-state index contributed by atoms with van der Waals surface area (Å²) in [5.41, 5.74) is 1.35. The van der Waals surface area contributed by atoms with Crippen molar-refractivity contribution in [2.24, 2.45) is 5.92 Å². The van der Waals surface area contributed by atoms with Gasteiger partial charge in [0.1, 0.15) is 5.92 Å². The standard InChI is InChI=1S/C15H17NO3S/c1-3-5-11(15(18)19-4-2)14(17)10-8-13-12(16-9-10)6-7-20-13/h6-9,11H,3-5H2,1-2H3. The average Bonchev–Trinajstić information content (AvgIpc) is 2.91. The summed E-state index contributed by atoms with van der Waals surface area (Å²) in [6, 6.07) is 3.71. The summed E-state index contributed by atoms with van der Waals surface area (Å²) in [5.74, 6) is -1.36. The van der Waals surface area contributed by atoms with Crippen LogP contribution in [0.2, 0.25) is 0 Å². The van der Waals surface area contributed by atoms with Crippen LogP contribution in [0.3, 0.4) is 0 Å². The highest BCUT2D eigenvalue weighted by molar-refractivity contribution is 7.17. The van der Waals surface area contributed by atoms with E-state index in [0.717, 1.165) is 16.6 Å². The van der Waals surface area contributed by atoms with Crippen LogP contribution in [-0.2, 0) is 9.53 Å². The van der Waals surface area contributed by atoms with E-state index in [-0.39, 0.29) is 12.4 Å². The van der Waals surface area contributed by atoms with Crippen molar-refractivity contribution in [3.63, 3.8) is 0 Å². The molecule has 2 aromatic heterocycles. The minimum absolute atomic E-state index is 0.201. The zero-order chi connectivity index (χ0) is 14.5. The van der Waals surface area contributed by atoms with Crippen molar-refractivity contribution in [2.75, 3.05) is 6.61 Å². The number of fused-ring (bicyclic) bond motifs is 1. The quantitative estimate of drug-likeness (QED) is 0.464. The Labute approximate surface area is 121 Å². The highest BCUT2D eigenvalue weighted by Crippen LogP contribution is 2.22. The van der Waals surface area contributed by atoms with Gasteiger partial charge in [0.25, 0.3) is 0 Å². The van der Waals surface area contributed by atoms with E-state index >= 15 is 0 Å². The van der Waals surface area contributed by atoms with Gasteiger partial charge in [-0.1, -0.05) is 13.3 Å². The molecule has 2 aromatic rings. The summed E-state index contributed by atoms with van der Waals surface area (Å²) < 4.78 is 5.95. The van der Waals surface area contributed by atoms with Gasteiger partial charge in [-0.3, -0.25) is 14.6 Å². The van der Waals surface area contributed by atoms with Crippen LogP contribution in [0.15, 0.2) is 23.7 Å². The number of pyridine rings is 1. The Bertz CT molecular complexity index is 620. The number of carbonyl (C=O) groups is 2. The number of esters is 1. The second kappa shape index (κ2) is 6.61. The van der Waals surface area contributed by atoms with Crippen LogP contribution in [0.4, 0.5) is 0 Å². The van der Waals surface area contributed by atoms with Gasteiger partial charge < -0.3 is 4.74 Å². The summed E-state index contributed by atoms with van der Waals surface area (Å²) >= 11 is 1.53. The number of ketones is 1. The fourth-order valence-corrected chi connectivity index (χ4v) is 2.85. The molecule has 2 rings (SSSR count). The van der Waals surface area contributed by atoms with Gasteiger partial charge in [-0.05, 0) is 30.9 Å². The van der Waals surface area contributed by atoms with Crippen molar-refractivity contribution in [2.45, 2.75) is 26.7 Å². The van der Waals surface area contributed by atoms with Crippen LogP contribution < -0.4 is 0 Å². The minimum atomic E-state index is -0.723. The Morgan fingerprint density at radius 1 is 1.40 bits per heavy atom. The van der Waals surface area contributed by atoms with E-state index in [1.807, 2.05) is 18.4 Å². The number of ether oxygens (including phenoxy) is 1. The molecule has 0 spiro atoms. The highest BCUT2D eigenvalue weighted by Gasteiger charge is 2.28. The topological polar surface area (TPSA) is 56.3 Å². The Balaban J connectivity index is 2.27. The highest BCUT2D eigenvalue weighted by atomic mass is 32.1. The molecule has 0 N–H and O–H groups in total. The Morgan fingerprint density at radius 3 is 2.90 bits per heavy atom. The third kappa shape index (κ3) is 3.04. The molecule has 1 atom stereocenters. The second-order valence-electron chi connectivity index (χ2n) is 4.49. The van der Waals surface area contributed by atoms with Crippen LogP contribution in [-0.4, -0.2) is 23.3 Å². The fourth-order valence-electron chi connectivity index (χ4n) is 2.07. The lowest BCUT2D eigenvalue weighted by molar-refractivity contribution is -0.146. The normalized spacial score (nSPS) is 12.3. The third-order valence-electron chi connectivity index (χ3n) is 3.05. The van der Waals surface area contributed by atoms with Gasteiger partial charge in [0.05, 0.1) is 16.8 Å². The molecular formula is C15H17NO3S. The number of thiophene rings is 1.